The predicted octanol–water partition coefficient (Wildman–Crippen LogP) is 0.828. The lowest BCUT2D eigenvalue weighted by atomic mass is 9.99. The molecule has 2 nitrogen and oxygen atoms in total. The van der Waals surface area contributed by atoms with Gasteiger partial charge in [0.05, 0.1) is 0 Å². The van der Waals surface area contributed by atoms with E-state index in [2.05, 4.69) is 18.1 Å². The fraction of sp³-hybridized carbons (Fsp3) is 0.875. The summed E-state index contributed by atoms with van der Waals surface area (Å²) in [5.41, 5.74) is 0. The Labute approximate surface area is 62.2 Å². The second-order valence-corrected chi connectivity index (χ2v) is 2.83. The molecule has 1 rings (SSSR count). The van der Waals surface area contributed by atoms with Gasteiger partial charge in [-0.2, -0.15) is 0 Å². The lowest BCUT2D eigenvalue weighted by molar-refractivity contribution is 0.217. The van der Waals surface area contributed by atoms with Crippen LogP contribution in [-0.2, 0) is 4.79 Å². The molecule has 1 aliphatic heterocycles. The van der Waals surface area contributed by atoms with Gasteiger partial charge >= 0.3 is 0 Å². The van der Waals surface area contributed by atoms with E-state index in [0.717, 1.165) is 32.5 Å². The summed E-state index contributed by atoms with van der Waals surface area (Å²) in [7, 11) is 0. The molecule has 0 unspecified atom stereocenters. The van der Waals surface area contributed by atoms with Crippen molar-refractivity contribution in [2.45, 2.75) is 19.8 Å². The summed E-state index contributed by atoms with van der Waals surface area (Å²) in [6, 6.07) is 0. The Kier molecular flexibility index (Phi) is 2.87. The van der Waals surface area contributed by atoms with E-state index in [9.17, 15) is 4.79 Å². The molecular formula is C8H14NO. The standard InChI is InChI=1S/C8H14NO/c1-2-9-5-3-8(7-10)4-6-9/h8H,2-6H2,1H3. The Morgan fingerprint density at radius 2 is 2.10 bits per heavy atom. The fourth-order valence-corrected chi connectivity index (χ4v) is 1.37. The number of carbonyl (C=O) groups excluding carboxylic acids is 1. The summed E-state index contributed by atoms with van der Waals surface area (Å²) in [6.45, 7) is 5.43. The van der Waals surface area contributed by atoms with E-state index in [1.54, 1.807) is 0 Å². The van der Waals surface area contributed by atoms with Crippen molar-refractivity contribution in [1.29, 1.82) is 0 Å². The second-order valence-electron chi connectivity index (χ2n) is 2.83. The smallest absolute Gasteiger partial charge is 0.201 e. The lowest BCUT2D eigenvalue weighted by Gasteiger charge is -2.27. The quantitative estimate of drug-likeness (QED) is 0.566. The molecule has 1 radical (unpaired) electrons. The topological polar surface area (TPSA) is 20.3 Å². The molecule has 0 amide bonds. The van der Waals surface area contributed by atoms with Crippen LogP contribution in [0.15, 0.2) is 0 Å². The van der Waals surface area contributed by atoms with Gasteiger partial charge in [0.2, 0.25) is 6.29 Å². The molecule has 0 aromatic carbocycles. The van der Waals surface area contributed by atoms with Gasteiger partial charge in [0, 0.05) is 5.92 Å². The first kappa shape index (κ1) is 7.73. The highest BCUT2D eigenvalue weighted by Crippen LogP contribution is 2.13. The van der Waals surface area contributed by atoms with Gasteiger partial charge in [-0.05, 0) is 32.5 Å². The molecule has 57 valence electrons. The first-order valence-corrected chi connectivity index (χ1v) is 3.97. The van der Waals surface area contributed by atoms with Crippen LogP contribution in [-0.4, -0.2) is 30.8 Å². The monoisotopic (exact) mass is 140 g/mol. The van der Waals surface area contributed by atoms with Crippen LogP contribution in [0.2, 0.25) is 0 Å². The van der Waals surface area contributed by atoms with Gasteiger partial charge in [-0.3, -0.25) is 4.79 Å². The van der Waals surface area contributed by atoms with Gasteiger partial charge < -0.3 is 4.90 Å². The van der Waals surface area contributed by atoms with Crippen molar-refractivity contribution in [1.82, 2.24) is 4.90 Å². The summed E-state index contributed by atoms with van der Waals surface area (Å²) < 4.78 is 0. The van der Waals surface area contributed by atoms with Crippen molar-refractivity contribution in [3.8, 4) is 0 Å². The number of hydrogen-bond donors (Lipinski definition) is 0. The van der Waals surface area contributed by atoms with Gasteiger partial charge in [0.15, 0.2) is 0 Å². The number of likely N-dealkylation sites (tertiary alicyclic amines) is 1. The third-order valence-corrected chi connectivity index (χ3v) is 2.20. The highest BCUT2D eigenvalue weighted by Gasteiger charge is 2.17. The number of rotatable bonds is 2. The predicted molar refractivity (Wildman–Crippen MR) is 40.5 cm³/mol. The van der Waals surface area contributed by atoms with Crippen LogP contribution in [0.1, 0.15) is 19.8 Å². The Hall–Kier alpha value is -0.370. The van der Waals surface area contributed by atoms with E-state index in [1.807, 2.05) is 0 Å². The fourth-order valence-electron chi connectivity index (χ4n) is 1.37. The SMILES string of the molecule is CCN1CCC([C]=O)CC1. The summed E-state index contributed by atoms with van der Waals surface area (Å²) in [5.74, 6) is 0.225. The minimum atomic E-state index is 0.225. The zero-order valence-corrected chi connectivity index (χ0v) is 6.47. The minimum Gasteiger partial charge on any atom is -0.304 e. The largest absolute Gasteiger partial charge is 0.304 e. The van der Waals surface area contributed by atoms with E-state index in [0.29, 0.717) is 0 Å². The van der Waals surface area contributed by atoms with Gasteiger partial charge in [0.1, 0.15) is 0 Å². The third-order valence-electron chi connectivity index (χ3n) is 2.20. The molecule has 10 heavy (non-hydrogen) atoms. The first-order valence-electron chi connectivity index (χ1n) is 3.97. The molecule has 1 aliphatic rings. The van der Waals surface area contributed by atoms with Crippen LogP contribution >= 0.6 is 0 Å². The average Bonchev–Trinajstić information content (AvgIpc) is 2.05. The average molecular weight is 140 g/mol. The van der Waals surface area contributed by atoms with Gasteiger partial charge in [-0.25, -0.2) is 0 Å². The maximum atomic E-state index is 10.2. The number of hydrogen-bond acceptors (Lipinski definition) is 2. The van der Waals surface area contributed by atoms with Crippen LogP contribution in [0.5, 0.6) is 0 Å². The third kappa shape index (κ3) is 1.81. The van der Waals surface area contributed by atoms with Gasteiger partial charge in [0.25, 0.3) is 0 Å². The minimum absolute atomic E-state index is 0.225. The molecular weight excluding hydrogens is 126 g/mol. The molecule has 0 aromatic heterocycles. The zero-order valence-electron chi connectivity index (χ0n) is 6.47. The van der Waals surface area contributed by atoms with Crippen molar-refractivity contribution >= 4 is 6.29 Å². The summed E-state index contributed by atoms with van der Waals surface area (Å²) in [5, 5.41) is 0. The van der Waals surface area contributed by atoms with Crippen LogP contribution in [0.25, 0.3) is 0 Å². The molecule has 0 N–H and O–H groups in total. The number of piperidine rings is 1. The van der Waals surface area contributed by atoms with Crippen LogP contribution < -0.4 is 0 Å². The summed E-state index contributed by atoms with van der Waals surface area (Å²) in [6.07, 6.45) is 4.09. The number of nitrogens with zero attached hydrogens (tertiary/aromatic N) is 1. The molecule has 0 aromatic rings. The Morgan fingerprint density at radius 1 is 1.50 bits per heavy atom. The normalized spacial score (nSPS) is 22.9. The van der Waals surface area contributed by atoms with Crippen molar-refractivity contribution < 1.29 is 4.79 Å². The summed E-state index contributed by atoms with van der Waals surface area (Å²) in [4.78, 5) is 12.6. The van der Waals surface area contributed by atoms with Crippen molar-refractivity contribution in [3.05, 3.63) is 0 Å². The maximum Gasteiger partial charge on any atom is 0.201 e. The van der Waals surface area contributed by atoms with E-state index in [1.165, 1.54) is 0 Å². The molecule has 0 bridgehead atoms. The van der Waals surface area contributed by atoms with Gasteiger partial charge in [-0.1, -0.05) is 6.92 Å². The molecule has 0 spiro atoms. The molecule has 0 saturated carbocycles. The molecule has 1 saturated heterocycles. The van der Waals surface area contributed by atoms with Gasteiger partial charge in [-0.15, -0.1) is 0 Å². The van der Waals surface area contributed by atoms with E-state index < -0.39 is 0 Å². The highest BCUT2D eigenvalue weighted by atomic mass is 16.1. The lowest BCUT2D eigenvalue weighted by Crippen LogP contribution is -2.33. The zero-order chi connectivity index (χ0) is 7.40. The van der Waals surface area contributed by atoms with Crippen LogP contribution in [0, 0.1) is 5.92 Å². The highest BCUT2D eigenvalue weighted by molar-refractivity contribution is 5.54. The maximum absolute atomic E-state index is 10.2. The molecule has 0 atom stereocenters. The second kappa shape index (κ2) is 3.71. The first-order chi connectivity index (χ1) is 4.86. The van der Waals surface area contributed by atoms with Crippen molar-refractivity contribution in [2.24, 2.45) is 5.92 Å². The Balaban J connectivity index is 2.23. The van der Waals surface area contributed by atoms with E-state index in [-0.39, 0.29) is 5.92 Å². The van der Waals surface area contributed by atoms with E-state index >= 15 is 0 Å². The Morgan fingerprint density at radius 3 is 2.50 bits per heavy atom. The van der Waals surface area contributed by atoms with Crippen LogP contribution in [0.4, 0.5) is 0 Å². The van der Waals surface area contributed by atoms with Crippen molar-refractivity contribution in [2.75, 3.05) is 19.6 Å². The van der Waals surface area contributed by atoms with Crippen molar-refractivity contribution in [3.63, 3.8) is 0 Å². The molecule has 0 aliphatic carbocycles. The molecule has 1 heterocycles. The molecule has 1 fully saturated rings. The van der Waals surface area contributed by atoms with E-state index in [4.69, 9.17) is 0 Å². The Bertz CT molecular complexity index is 106. The summed E-state index contributed by atoms with van der Waals surface area (Å²) >= 11 is 0. The molecule has 2 heteroatoms. The van der Waals surface area contributed by atoms with Crippen LogP contribution in [0.3, 0.4) is 0 Å².